The summed E-state index contributed by atoms with van der Waals surface area (Å²) in [6, 6.07) is 10.4. The van der Waals surface area contributed by atoms with Gasteiger partial charge in [0.2, 0.25) is 0 Å². The highest BCUT2D eigenvalue weighted by molar-refractivity contribution is 5.44. The molecular weight excluding hydrogens is 241 g/mol. The van der Waals surface area contributed by atoms with E-state index < -0.39 is 0 Å². The highest BCUT2D eigenvalue weighted by atomic mass is 19.1. The third-order valence-electron chi connectivity index (χ3n) is 3.65. The minimum atomic E-state index is -0.304. The molecule has 2 N–H and O–H groups in total. The fourth-order valence-electron chi connectivity index (χ4n) is 2.53. The quantitative estimate of drug-likeness (QED) is 0.897. The van der Waals surface area contributed by atoms with Crippen molar-refractivity contribution in [3.8, 4) is 5.75 Å². The van der Waals surface area contributed by atoms with Crippen molar-refractivity contribution in [2.45, 2.75) is 19.4 Å². The molecule has 0 fully saturated rings. The molecule has 1 unspecified atom stereocenters. The fourth-order valence-corrected chi connectivity index (χ4v) is 2.53. The van der Waals surface area contributed by atoms with Crippen LogP contribution in [0.5, 0.6) is 5.75 Å². The van der Waals surface area contributed by atoms with E-state index in [1.165, 1.54) is 17.7 Å². The second-order valence-corrected chi connectivity index (χ2v) is 4.94. The molecule has 1 aliphatic heterocycles. The van der Waals surface area contributed by atoms with Crippen LogP contribution in [0.2, 0.25) is 0 Å². The number of nitrogens with two attached hydrogens (primary N) is 1. The van der Waals surface area contributed by atoms with Crippen LogP contribution in [0.3, 0.4) is 0 Å². The van der Waals surface area contributed by atoms with E-state index in [-0.39, 0.29) is 11.9 Å². The summed E-state index contributed by atoms with van der Waals surface area (Å²) >= 11 is 0. The van der Waals surface area contributed by atoms with Gasteiger partial charge < -0.3 is 10.5 Å². The Balaban J connectivity index is 1.99. The predicted molar refractivity (Wildman–Crippen MR) is 72.8 cm³/mol. The van der Waals surface area contributed by atoms with Gasteiger partial charge in [0.25, 0.3) is 0 Å². The van der Waals surface area contributed by atoms with Crippen molar-refractivity contribution in [2.24, 2.45) is 5.73 Å². The monoisotopic (exact) mass is 257 g/mol. The van der Waals surface area contributed by atoms with Gasteiger partial charge in [-0.3, -0.25) is 0 Å². The third-order valence-corrected chi connectivity index (χ3v) is 3.65. The second-order valence-electron chi connectivity index (χ2n) is 4.94. The minimum absolute atomic E-state index is 0.249. The van der Waals surface area contributed by atoms with Crippen molar-refractivity contribution < 1.29 is 9.13 Å². The van der Waals surface area contributed by atoms with E-state index >= 15 is 0 Å². The molecule has 0 amide bonds. The molecule has 1 atom stereocenters. The highest BCUT2D eigenvalue weighted by Crippen LogP contribution is 2.30. The number of hydrogen-bond acceptors (Lipinski definition) is 2. The highest BCUT2D eigenvalue weighted by Gasteiger charge is 2.17. The van der Waals surface area contributed by atoms with Crippen LogP contribution in [-0.4, -0.2) is 6.61 Å². The average molecular weight is 257 g/mol. The normalized spacial score (nSPS) is 14.9. The van der Waals surface area contributed by atoms with Crippen molar-refractivity contribution in [1.82, 2.24) is 0 Å². The Morgan fingerprint density at radius 2 is 2.05 bits per heavy atom. The molecule has 3 rings (SSSR count). The zero-order valence-corrected chi connectivity index (χ0v) is 10.8. The maximum atomic E-state index is 13.4. The van der Waals surface area contributed by atoms with Crippen LogP contribution >= 0.6 is 0 Å². The standard InChI is InChI=1S/C16H16FNO/c1-10-2-4-13(17)9-14(10)16(18)12-3-5-15-11(8-12)6-7-19-15/h2-5,8-9,16H,6-7,18H2,1H3. The van der Waals surface area contributed by atoms with Gasteiger partial charge in [0.1, 0.15) is 11.6 Å². The number of hydrogen-bond donors (Lipinski definition) is 1. The zero-order valence-electron chi connectivity index (χ0n) is 10.8. The largest absolute Gasteiger partial charge is 0.493 e. The summed E-state index contributed by atoms with van der Waals surface area (Å²) < 4.78 is 18.8. The molecule has 1 aliphatic rings. The van der Waals surface area contributed by atoms with Gasteiger partial charge >= 0.3 is 0 Å². The molecule has 0 saturated carbocycles. The van der Waals surface area contributed by atoms with Gasteiger partial charge in [0.15, 0.2) is 0 Å². The van der Waals surface area contributed by atoms with E-state index in [0.29, 0.717) is 0 Å². The fraction of sp³-hybridized carbons (Fsp3) is 0.250. The van der Waals surface area contributed by atoms with Crippen LogP contribution in [-0.2, 0) is 6.42 Å². The van der Waals surface area contributed by atoms with Crippen LogP contribution < -0.4 is 10.5 Å². The molecule has 0 aliphatic carbocycles. The van der Waals surface area contributed by atoms with E-state index in [9.17, 15) is 4.39 Å². The zero-order chi connectivity index (χ0) is 13.4. The summed E-state index contributed by atoms with van der Waals surface area (Å²) in [5.41, 5.74) is 10.3. The van der Waals surface area contributed by atoms with Gasteiger partial charge in [0.05, 0.1) is 12.6 Å². The van der Waals surface area contributed by atoms with Crippen molar-refractivity contribution in [3.05, 3.63) is 64.5 Å². The number of rotatable bonds is 2. The summed E-state index contributed by atoms with van der Waals surface area (Å²) in [5.74, 6) is 0.687. The molecule has 0 radical (unpaired) electrons. The van der Waals surface area contributed by atoms with Crippen molar-refractivity contribution in [3.63, 3.8) is 0 Å². The first kappa shape index (κ1) is 12.2. The van der Waals surface area contributed by atoms with E-state index in [2.05, 4.69) is 6.07 Å². The van der Waals surface area contributed by atoms with E-state index in [1.54, 1.807) is 6.07 Å². The summed E-state index contributed by atoms with van der Waals surface area (Å²) in [4.78, 5) is 0. The lowest BCUT2D eigenvalue weighted by atomic mass is 9.94. The summed E-state index contributed by atoms with van der Waals surface area (Å²) in [5, 5.41) is 0. The summed E-state index contributed by atoms with van der Waals surface area (Å²) in [6.45, 7) is 2.68. The van der Waals surface area contributed by atoms with Crippen LogP contribution in [0.25, 0.3) is 0 Å². The summed E-state index contributed by atoms with van der Waals surface area (Å²) in [7, 11) is 0. The Bertz CT molecular complexity index is 624. The van der Waals surface area contributed by atoms with Gasteiger partial charge in [-0.2, -0.15) is 0 Å². The molecule has 98 valence electrons. The lowest BCUT2D eigenvalue weighted by Crippen LogP contribution is -2.13. The maximum Gasteiger partial charge on any atom is 0.123 e. The number of ether oxygens (including phenoxy) is 1. The van der Waals surface area contributed by atoms with Crippen LogP contribution in [0.15, 0.2) is 36.4 Å². The molecule has 1 heterocycles. The average Bonchev–Trinajstić information content (AvgIpc) is 2.88. The molecule has 3 heteroatoms. The lowest BCUT2D eigenvalue weighted by molar-refractivity contribution is 0.357. The summed E-state index contributed by atoms with van der Waals surface area (Å²) in [6.07, 6.45) is 0.915. The second kappa shape index (κ2) is 4.67. The number of aryl methyl sites for hydroxylation is 1. The minimum Gasteiger partial charge on any atom is -0.493 e. The van der Waals surface area contributed by atoms with Crippen LogP contribution in [0, 0.1) is 12.7 Å². The number of benzene rings is 2. The van der Waals surface area contributed by atoms with Gasteiger partial charge in [-0.25, -0.2) is 4.39 Å². The third kappa shape index (κ3) is 2.22. The van der Waals surface area contributed by atoms with Crippen LogP contribution in [0.4, 0.5) is 4.39 Å². The SMILES string of the molecule is Cc1ccc(F)cc1C(N)c1ccc2c(c1)CCO2. The molecule has 2 aromatic carbocycles. The maximum absolute atomic E-state index is 13.4. The van der Waals surface area contributed by atoms with Gasteiger partial charge in [-0.1, -0.05) is 18.2 Å². The van der Waals surface area contributed by atoms with Crippen molar-refractivity contribution in [1.29, 1.82) is 0 Å². The Labute approximate surface area is 112 Å². The lowest BCUT2D eigenvalue weighted by Gasteiger charge is -2.16. The first-order valence-corrected chi connectivity index (χ1v) is 6.42. The Morgan fingerprint density at radius 3 is 2.89 bits per heavy atom. The van der Waals surface area contributed by atoms with Gasteiger partial charge in [-0.05, 0) is 47.4 Å². The smallest absolute Gasteiger partial charge is 0.123 e. The molecule has 0 spiro atoms. The Hall–Kier alpha value is -1.87. The predicted octanol–water partition coefficient (Wildman–Crippen LogP) is 3.12. The molecule has 0 bridgehead atoms. The van der Waals surface area contributed by atoms with Crippen molar-refractivity contribution in [2.75, 3.05) is 6.61 Å². The Kier molecular flexibility index (Phi) is 2.99. The van der Waals surface area contributed by atoms with E-state index in [0.717, 1.165) is 35.5 Å². The van der Waals surface area contributed by atoms with Crippen LogP contribution in [0.1, 0.15) is 28.3 Å². The molecule has 0 saturated heterocycles. The van der Waals surface area contributed by atoms with Crippen molar-refractivity contribution >= 4 is 0 Å². The van der Waals surface area contributed by atoms with Gasteiger partial charge in [-0.15, -0.1) is 0 Å². The molecule has 2 aromatic rings. The molecule has 19 heavy (non-hydrogen) atoms. The topological polar surface area (TPSA) is 35.2 Å². The molecular formula is C16H16FNO. The number of halogens is 1. The van der Waals surface area contributed by atoms with E-state index in [1.807, 2.05) is 19.1 Å². The number of fused-ring (bicyclic) bond motifs is 1. The molecule has 2 nitrogen and oxygen atoms in total. The first-order chi connectivity index (χ1) is 9.15. The van der Waals surface area contributed by atoms with Gasteiger partial charge in [0, 0.05) is 6.42 Å². The Morgan fingerprint density at radius 1 is 1.21 bits per heavy atom. The first-order valence-electron chi connectivity index (χ1n) is 6.42. The molecule has 0 aromatic heterocycles. The van der Waals surface area contributed by atoms with E-state index in [4.69, 9.17) is 10.5 Å².